The Labute approximate surface area is 230 Å². The zero-order valence-corrected chi connectivity index (χ0v) is 23.3. The minimum Gasteiger partial charge on any atom is -0.387 e. The fourth-order valence-electron chi connectivity index (χ4n) is 5.19. The summed E-state index contributed by atoms with van der Waals surface area (Å²) >= 11 is 3.34. The molecule has 38 heavy (non-hydrogen) atoms. The summed E-state index contributed by atoms with van der Waals surface area (Å²) in [5, 5.41) is 21.5. The molecule has 1 aliphatic carbocycles. The van der Waals surface area contributed by atoms with Crippen LogP contribution >= 0.6 is 15.9 Å². The summed E-state index contributed by atoms with van der Waals surface area (Å²) in [4.78, 5) is 44.1. The SMILES string of the molecule is CNc1cncc(C(=O)N[C@H]2CCCC[C@H]2Nc2c(C(=O)N3C[C@@H](C)O[C@@H](C)C3)cc(Br)cc2[N+](=O)[O-])c1. The van der Waals surface area contributed by atoms with E-state index in [1.54, 1.807) is 30.3 Å². The number of hydrogen-bond donors (Lipinski definition) is 3. The van der Waals surface area contributed by atoms with Crippen LogP contribution in [0.25, 0.3) is 0 Å². The fraction of sp³-hybridized carbons (Fsp3) is 0.500. The lowest BCUT2D eigenvalue weighted by molar-refractivity contribution is -0.384. The molecular formula is C26H33BrN6O5. The Morgan fingerprint density at radius 1 is 1.11 bits per heavy atom. The first kappa shape index (κ1) is 27.8. The summed E-state index contributed by atoms with van der Waals surface area (Å²) in [6.45, 7) is 4.58. The molecule has 2 fully saturated rings. The first-order valence-corrected chi connectivity index (χ1v) is 13.6. The van der Waals surface area contributed by atoms with E-state index in [0.29, 0.717) is 36.0 Å². The molecule has 1 aliphatic heterocycles. The van der Waals surface area contributed by atoms with Gasteiger partial charge in [-0.3, -0.25) is 24.7 Å². The lowest BCUT2D eigenvalue weighted by atomic mass is 9.89. The minimum atomic E-state index is -0.486. The predicted octanol–water partition coefficient (Wildman–Crippen LogP) is 4.20. The Bertz CT molecular complexity index is 1200. The van der Waals surface area contributed by atoms with Gasteiger partial charge in [0.15, 0.2) is 0 Å². The molecule has 0 bridgehead atoms. The van der Waals surface area contributed by atoms with Crippen molar-refractivity contribution >= 4 is 44.8 Å². The molecule has 2 heterocycles. The number of carbonyl (C=O) groups excluding carboxylic acids is 2. The van der Waals surface area contributed by atoms with E-state index >= 15 is 0 Å². The van der Waals surface area contributed by atoms with E-state index in [2.05, 4.69) is 36.9 Å². The monoisotopic (exact) mass is 588 g/mol. The second-order valence-electron chi connectivity index (χ2n) is 9.90. The summed E-state index contributed by atoms with van der Waals surface area (Å²) in [5.74, 6) is -0.573. The normalized spacial score (nSPS) is 23.4. The third-order valence-electron chi connectivity index (χ3n) is 6.92. The van der Waals surface area contributed by atoms with Gasteiger partial charge in [0.1, 0.15) is 5.69 Å². The summed E-state index contributed by atoms with van der Waals surface area (Å²) in [7, 11) is 1.75. The van der Waals surface area contributed by atoms with Gasteiger partial charge in [-0.1, -0.05) is 28.8 Å². The Hall–Kier alpha value is -3.25. The van der Waals surface area contributed by atoms with Gasteiger partial charge in [0.05, 0.1) is 33.9 Å². The third kappa shape index (κ3) is 6.41. The molecule has 0 spiro atoms. The summed E-state index contributed by atoms with van der Waals surface area (Å²) < 4.78 is 6.21. The number of morpholine rings is 1. The van der Waals surface area contributed by atoms with Crippen molar-refractivity contribution in [1.29, 1.82) is 0 Å². The number of nitrogens with zero attached hydrogens (tertiary/aromatic N) is 3. The van der Waals surface area contributed by atoms with Crippen LogP contribution in [0.5, 0.6) is 0 Å². The van der Waals surface area contributed by atoms with Crippen LogP contribution in [0, 0.1) is 10.1 Å². The molecule has 1 aromatic carbocycles. The number of aromatic nitrogens is 1. The highest BCUT2D eigenvalue weighted by Crippen LogP contribution is 2.36. The minimum absolute atomic E-state index is 0.143. The number of ether oxygens (including phenoxy) is 1. The largest absolute Gasteiger partial charge is 0.387 e. The summed E-state index contributed by atoms with van der Waals surface area (Å²) in [6, 6.07) is 4.14. The molecule has 4 atom stereocenters. The van der Waals surface area contributed by atoms with Crippen LogP contribution in [0.4, 0.5) is 17.1 Å². The van der Waals surface area contributed by atoms with Gasteiger partial charge in [-0.2, -0.15) is 0 Å². The lowest BCUT2D eigenvalue weighted by Crippen LogP contribution is -2.49. The Balaban J connectivity index is 1.63. The number of pyridine rings is 1. The number of nitro benzene ring substituents is 1. The van der Waals surface area contributed by atoms with Crippen LogP contribution in [0.1, 0.15) is 60.2 Å². The van der Waals surface area contributed by atoms with Crippen LogP contribution < -0.4 is 16.0 Å². The molecule has 204 valence electrons. The quantitative estimate of drug-likeness (QED) is 0.323. The van der Waals surface area contributed by atoms with Gasteiger partial charge in [0.2, 0.25) is 0 Å². The van der Waals surface area contributed by atoms with Crippen molar-refractivity contribution in [2.45, 2.75) is 63.8 Å². The van der Waals surface area contributed by atoms with E-state index in [-0.39, 0.29) is 53.0 Å². The molecule has 0 radical (unpaired) electrons. The van der Waals surface area contributed by atoms with Gasteiger partial charge in [0, 0.05) is 55.2 Å². The van der Waals surface area contributed by atoms with Crippen molar-refractivity contribution in [2.24, 2.45) is 0 Å². The van der Waals surface area contributed by atoms with Gasteiger partial charge < -0.3 is 25.6 Å². The smallest absolute Gasteiger partial charge is 0.294 e. The molecule has 12 heteroatoms. The number of hydrogen-bond acceptors (Lipinski definition) is 8. The van der Waals surface area contributed by atoms with Gasteiger partial charge in [-0.15, -0.1) is 0 Å². The van der Waals surface area contributed by atoms with Crippen molar-refractivity contribution in [3.05, 3.63) is 56.3 Å². The zero-order valence-electron chi connectivity index (χ0n) is 21.7. The Kier molecular flexibility index (Phi) is 8.83. The van der Waals surface area contributed by atoms with Crippen LogP contribution in [0.2, 0.25) is 0 Å². The first-order valence-electron chi connectivity index (χ1n) is 12.8. The molecule has 1 saturated carbocycles. The summed E-state index contributed by atoms with van der Waals surface area (Å²) in [6.07, 6.45) is 6.04. The van der Waals surface area contributed by atoms with Crippen LogP contribution in [-0.2, 0) is 4.74 Å². The molecule has 1 aromatic heterocycles. The van der Waals surface area contributed by atoms with Crippen molar-refractivity contribution < 1.29 is 19.2 Å². The number of amides is 2. The van der Waals surface area contributed by atoms with Gasteiger partial charge >= 0.3 is 0 Å². The zero-order chi connectivity index (χ0) is 27.4. The van der Waals surface area contributed by atoms with E-state index in [1.807, 2.05) is 13.8 Å². The first-order chi connectivity index (χ1) is 18.2. The number of benzene rings is 1. The standard InChI is InChI=1S/C26H33BrN6O5/c1-15-13-32(14-16(2)38-15)26(35)20-9-18(27)10-23(33(36)37)24(20)30-21-6-4-5-7-22(21)31-25(34)17-8-19(28-3)12-29-11-17/h8-12,15-16,21-22,28,30H,4-7,13-14H2,1-3H3,(H,31,34)/t15-,16+,21-,22+/m1/s1. The average molecular weight is 589 g/mol. The van der Waals surface area contributed by atoms with Crippen LogP contribution in [0.3, 0.4) is 0 Å². The van der Waals surface area contributed by atoms with Gasteiger partial charge in [0.25, 0.3) is 17.5 Å². The number of nitro groups is 1. The molecule has 3 N–H and O–H groups in total. The Morgan fingerprint density at radius 3 is 2.45 bits per heavy atom. The molecule has 2 aliphatic rings. The van der Waals surface area contributed by atoms with E-state index in [9.17, 15) is 19.7 Å². The Morgan fingerprint density at radius 2 is 1.79 bits per heavy atom. The van der Waals surface area contributed by atoms with E-state index in [1.165, 1.54) is 12.3 Å². The average Bonchev–Trinajstić information content (AvgIpc) is 2.89. The maximum Gasteiger partial charge on any atom is 0.294 e. The predicted molar refractivity (Wildman–Crippen MR) is 148 cm³/mol. The van der Waals surface area contributed by atoms with Crippen LogP contribution in [0.15, 0.2) is 35.1 Å². The van der Waals surface area contributed by atoms with E-state index in [0.717, 1.165) is 18.5 Å². The van der Waals surface area contributed by atoms with E-state index < -0.39 is 4.92 Å². The maximum absolute atomic E-state index is 13.7. The number of halogens is 1. The lowest BCUT2D eigenvalue weighted by Gasteiger charge is -2.36. The molecule has 1 saturated heterocycles. The maximum atomic E-state index is 13.7. The highest BCUT2D eigenvalue weighted by Gasteiger charge is 2.34. The number of carbonyl (C=O) groups is 2. The second kappa shape index (κ2) is 12.1. The molecule has 2 aromatic rings. The third-order valence-corrected chi connectivity index (χ3v) is 7.38. The number of rotatable bonds is 7. The van der Waals surface area contributed by atoms with Crippen molar-refractivity contribution in [3.8, 4) is 0 Å². The molecule has 2 amide bonds. The molecule has 0 unspecified atom stereocenters. The topological polar surface area (TPSA) is 139 Å². The van der Waals surface area contributed by atoms with E-state index in [4.69, 9.17) is 4.74 Å². The molecule has 4 rings (SSSR count). The molecule has 11 nitrogen and oxygen atoms in total. The van der Waals surface area contributed by atoms with Crippen LogP contribution in [-0.4, -0.2) is 71.1 Å². The summed E-state index contributed by atoms with van der Waals surface area (Å²) in [5.41, 5.74) is 1.33. The highest BCUT2D eigenvalue weighted by molar-refractivity contribution is 9.10. The number of anilines is 2. The van der Waals surface area contributed by atoms with Gasteiger partial charge in [-0.25, -0.2) is 0 Å². The second-order valence-corrected chi connectivity index (χ2v) is 10.8. The van der Waals surface area contributed by atoms with Crippen molar-refractivity contribution in [2.75, 3.05) is 30.8 Å². The molecular weight excluding hydrogens is 556 g/mol. The van der Waals surface area contributed by atoms with Gasteiger partial charge in [-0.05, 0) is 38.8 Å². The number of nitrogens with one attached hydrogen (secondary N) is 3. The van der Waals surface area contributed by atoms with Crippen molar-refractivity contribution in [1.82, 2.24) is 15.2 Å². The fourth-order valence-corrected chi connectivity index (χ4v) is 5.63. The highest BCUT2D eigenvalue weighted by atomic mass is 79.9. The van der Waals surface area contributed by atoms with Crippen molar-refractivity contribution in [3.63, 3.8) is 0 Å².